The standard InChI is InChI=1S/C47H87NO5/c1-3-5-7-9-11-13-15-17-19-23-27-31-35-39-45(50)44(43-49)48-46(51)40-36-32-28-24-21-22-26-30-34-38-42-53-47(52)41-37-33-29-25-20-18-16-14-12-10-8-6-4-2/h14,16,22,26,35,39,44-45,49-50H,3-13,15,17-21,23-25,27-34,36-38,40-43H2,1-2H3,(H,48,51)/b16-14-,26-22-,39-35+. The maximum Gasteiger partial charge on any atom is 0.305 e. The van der Waals surface area contributed by atoms with E-state index in [1.54, 1.807) is 6.08 Å². The molecule has 0 heterocycles. The first-order valence-corrected chi connectivity index (χ1v) is 22.8. The molecule has 53 heavy (non-hydrogen) atoms. The van der Waals surface area contributed by atoms with E-state index in [-0.39, 0.29) is 18.5 Å². The van der Waals surface area contributed by atoms with Gasteiger partial charge in [-0.05, 0) is 83.5 Å². The molecule has 6 nitrogen and oxygen atoms in total. The number of carbonyl (C=O) groups is 2. The molecule has 0 bridgehead atoms. The normalized spacial score (nSPS) is 13.1. The van der Waals surface area contributed by atoms with Gasteiger partial charge in [-0.15, -0.1) is 0 Å². The van der Waals surface area contributed by atoms with Gasteiger partial charge in [0.15, 0.2) is 0 Å². The highest BCUT2D eigenvalue weighted by molar-refractivity contribution is 5.76. The predicted molar refractivity (Wildman–Crippen MR) is 227 cm³/mol. The van der Waals surface area contributed by atoms with Crippen molar-refractivity contribution >= 4 is 11.9 Å². The van der Waals surface area contributed by atoms with Crippen LogP contribution in [0.1, 0.15) is 226 Å². The van der Waals surface area contributed by atoms with Crippen LogP contribution in [0.3, 0.4) is 0 Å². The number of aliphatic hydroxyl groups excluding tert-OH is 2. The van der Waals surface area contributed by atoms with Gasteiger partial charge in [0.1, 0.15) is 0 Å². The number of aliphatic hydroxyl groups is 2. The number of nitrogens with one attached hydrogen (secondary N) is 1. The lowest BCUT2D eigenvalue weighted by molar-refractivity contribution is -0.143. The van der Waals surface area contributed by atoms with Crippen LogP contribution in [-0.2, 0) is 14.3 Å². The van der Waals surface area contributed by atoms with Gasteiger partial charge in [-0.3, -0.25) is 9.59 Å². The fraction of sp³-hybridized carbons (Fsp3) is 0.830. The van der Waals surface area contributed by atoms with Crippen molar-refractivity contribution in [1.29, 1.82) is 0 Å². The molecule has 0 aliphatic rings. The highest BCUT2D eigenvalue weighted by Gasteiger charge is 2.18. The number of carbonyl (C=O) groups excluding carboxylic acids is 2. The van der Waals surface area contributed by atoms with E-state index in [4.69, 9.17) is 4.74 Å². The minimum absolute atomic E-state index is 0.0489. The van der Waals surface area contributed by atoms with Crippen molar-refractivity contribution in [3.05, 3.63) is 36.5 Å². The Balaban J connectivity index is 3.60. The summed E-state index contributed by atoms with van der Waals surface area (Å²) in [4.78, 5) is 24.3. The smallest absolute Gasteiger partial charge is 0.305 e. The molecule has 0 spiro atoms. The Labute approximate surface area is 328 Å². The van der Waals surface area contributed by atoms with Gasteiger partial charge >= 0.3 is 5.97 Å². The number of unbranched alkanes of at least 4 members (excludes halogenated alkanes) is 26. The summed E-state index contributed by atoms with van der Waals surface area (Å²) >= 11 is 0. The lowest BCUT2D eigenvalue weighted by atomic mass is 10.0. The molecule has 2 unspecified atom stereocenters. The molecule has 0 aromatic rings. The highest BCUT2D eigenvalue weighted by Crippen LogP contribution is 2.13. The predicted octanol–water partition coefficient (Wildman–Crippen LogP) is 12.9. The van der Waals surface area contributed by atoms with Crippen molar-refractivity contribution < 1.29 is 24.5 Å². The molecule has 0 aromatic heterocycles. The SMILES string of the molecule is CCCCCC/C=C\CCCCCCCC(=O)OCCCC/C=C\CCCCCCC(=O)NC(CO)C(O)/C=C/CCCCCCCCCCCCC. The van der Waals surface area contributed by atoms with E-state index < -0.39 is 12.1 Å². The van der Waals surface area contributed by atoms with Gasteiger partial charge in [0.05, 0.1) is 25.4 Å². The summed E-state index contributed by atoms with van der Waals surface area (Å²) < 4.78 is 5.41. The quantitative estimate of drug-likeness (QED) is 0.0329. The molecule has 310 valence electrons. The Hall–Kier alpha value is -1.92. The van der Waals surface area contributed by atoms with Crippen molar-refractivity contribution in [1.82, 2.24) is 5.32 Å². The van der Waals surface area contributed by atoms with Gasteiger partial charge < -0.3 is 20.3 Å². The van der Waals surface area contributed by atoms with Gasteiger partial charge in [0, 0.05) is 12.8 Å². The molecule has 0 rings (SSSR count). The second-order valence-electron chi connectivity index (χ2n) is 15.4. The number of hydrogen-bond acceptors (Lipinski definition) is 5. The number of ether oxygens (including phenoxy) is 1. The molecule has 2 atom stereocenters. The van der Waals surface area contributed by atoms with Crippen LogP contribution in [0, 0.1) is 0 Å². The van der Waals surface area contributed by atoms with Gasteiger partial charge in [0.25, 0.3) is 0 Å². The van der Waals surface area contributed by atoms with Crippen LogP contribution in [-0.4, -0.2) is 47.4 Å². The molecule has 3 N–H and O–H groups in total. The zero-order chi connectivity index (χ0) is 38.7. The Bertz CT molecular complexity index is 869. The average Bonchev–Trinajstić information content (AvgIpc) is 3.16. The number of hydrogen-bond donors (Lipinski definition) is 3. The van der Waals surface area contributed by atoms with Crippen LogP contribution in [0.5, 0.6) is 0 Å². The Morgan fingerprint density at radius 2 is 0.887 bits per heavy atom. The Kier molecular flexibility index (Phi) is 41.3. The van der Waals surface area contributed by atoms with E-state index in [2.05, 4.69) is 43.5 Å². The van der Waals surface area contributed by atoms with Gasteiger partial charge in [0.2, 0.25) is 5.91 Å². The maximum absolute atomic E-state index is 12.4. The first kappa shape index (κ1) is 51.1. The molecule has 0 aliphatic carbocycles. The first-order chi connectivity index (χ1) is 26.0. The third-order valence-electron chi connectivity index (χ3n) is 10.1. The summed E-state index contributed by atoms with van der Waals surface area (Å²) in [6.45, 7) is 4.77. The van der Waals surface area contributed by atoms with E-state index in [1.807, 2.05) is 6.08 Å². The fourth-order valence-electron chi connectivity index (χ4n) is 6.56. The summed E-state index contributed by atoms with van der Waals surface area (Å²) in [7, 11) is 0. The molecule has 0 saturated carbocycles. The molecule has 1 amide bonds. The summed E-state index contributed by atoms with van der Waals surface area (Å²) in [6, 6.07) is -0.652. The highest BCUT2D eigenvalue weighted by atomic mass is 16.5. The largest absolute Gasteiger partial charge is 0.466 e. The average molecular weight is 746 g/mol. The molecule has 0 aromatic carbocycles. The van der Waals surface area contributed by atoms with Crippen LogP contribution < -0.4 is 5.32 Å². The maximum atomic E-state index is 12.4. The van der Waals surface area contributed by atoms with Crippen molar-refractivity contribution in [2.45, 2.75) is 238 Å². The molecular formula is C47H87NO5. The van der Waals surface area contributed by atoms with Crippen LogP contribution in [0.2, 0.25) is 0 Å². The number of esters is 1. The molecular weight excluding hydrogens is 659 g/mol. The monoisotopic (exact) mass is 746 g/mol. The lowest BCUT2D eigenvalue weighted by Gasteiger charge is -2.20. The minimum atomic E-state index is -0.865. The summed E-state index contributed by atoms with van der Waals surface area (Å²) in [6.07, 6.45) is 49.9. The molecule has 0 saturated heterocycles. The van der Waals surface area contributed by atoms with E-state index >= 15 is 0 Å². The molecule has 0 radical (unpaired) electrons. The Morgan fingerprint density at radius 1 is 0.509 bits per heavy atom. The van der Waals surface area contributed by atoms with Crippen LogP contribution in [0.25, 0.3) is 0 Å². The summed E-state index contributed by atoms with van der Waals surface area (Å²) in [5.41, 5.74) is 0. The molecule has 6 heteroatoms. The third-order valence-corrected chi connectivity index (χ3v) is 10.1. The zero-order valence-corrected chi connectivity index (χ0v) is 35.0. The second kappa shape index (κ2) is 42.8. The van der Waals surface area contributed by atoms with Crippen molar-refractivity contribution in [2.75, 3.05) is 13.2 Å². The second-order valence-corrected chi connectivity index (χ2v) is 15.4. The molecule has 0 aliphatic heterocycles. The van der Waals surface area contributed by atoms with E-state index in [1.165, 1.54) is 122 Å². The Morgan fingerprint density at radius 3 is 1.36 bits per heavy atom. The number of rotatable bonds is 41. The topological polar surface area (TPSA) is 95.9 Å². The van der Waals surface area contributed by atoms with E-state index in [9.17, 15) is 19.8 Å². The minimum Gasteiger partial charge on any atom is -0.466 e. The van der Waals surface area contributed by atoms with Crippen molar-refractivity contribution in [3.63, 3.8) is 0 Å². The van der Waals surface area contributed by atoms with Gasteiger partial charge in [-0.2, -0.15) is 0 Å². The van der Waals surface area contributed by atoms with E-state index in [0.717, 1.165) is 77.0 Å². The van der Waals surface area contributed by atoms with Crippen molar-refractivity contribution in [2.24, 2.45) is 0 Å². The third kappa shape index (κ3) is 39.6. The first-order valence-electron chi connectivity index (χ1n) is 22.8. The van der Waals surface area contributed by atoms with Crippen LogP contribution in [0.4, 0.5) is 0 Å². The number of allylic oxidation sites excluding steroid dienone is 5. The zero-order valence-electron chi connectivity index (χ0n) is 35.0. The van der Waals surface area contributed by atoms with Crippen molar-refractivity contribution in [3.8, 4) is 0 Å². The fourth-order valence-corrected chi connectivity index (χ4v) is 6.56. The molecule has 0 fully saturated rings. The number of amides is 1. The van der Waals surface area contributed by atoms with E-state index in [0.29, 0.717) is 19.4 Å². The van der Waals surface area contributed by atoms with Crippen LogP contribution >= 0.6 is 0 Å². The van der Waals surface area contributed by atoms with Gasteiger partial charge in [-0.25, -0.2) is 0 Å². The summed E-state index contributed by atoms with van der Waals surface area (Å²) in [5.74, 6) is -0.155. The lowest BCUT2D eigenvalue weighted by Crippen LogP contribution is -2.45. The van der Waals surface area contributed by atoms with Gasteiger partial charge in [-0.1, -0.05) is 166 Å². The summed E-state index contributed by atoms with van der Waals surface area (Å²) in [5, 5.41) is 22.9. The van der Waals surface area contributed by atoms with Crippen LogP contribution in [0.15, 0.2) is 36.5 Å².